The molecule has 1 heterocycles. The Morgan fingerprint density at radius 1 is 0.878 bits per heavy atom. The fourth-order valence-corrected chi connectivity index (χ4v) is 5.96. The second kappa shape index (κ2) is 17.3. The van der Waals surface area contributed by atoms with Gasteiger partial charge in [-0.2, -0.15) is 4.57 Å². The Bertz CT molecular complexity index is 1190. The number of rotatable bonds is 18. The van der Waals surface area contributed by atoms with Gasteiger partial charge in [0.25, 0.3) is 5.91 Å². The van der Waals surface area contributed by atoms with Gasteiger partial charge in [-0.3, -0.25) is 4.79 Å². The summed E-state index contributed by atoms with van der Waals surface area (Å²) >= 11 is 1.69. The van der Waals surface area contributed by atoms with Crippen LogP contribution in [0, 0.1) is 6.92 Å². The van der Waals surface area contributed by atoms with Crippen LogP contribution in [0.2, 0.25) is 0 Å². The highest BCUT2D eigenvalue weighted by Gasteiger charge is 2.22. The molecule has 0 spiro atoms. The third-order valence-electron chi connectivity index (χ3n) is 7.79. The third kappa shape index (κ3) is 11.3. The second-order valence-electron chi connectivity index (χ2n) is 12.4. The number of nitrogens with one attached hydrogen (secondary N) is 1. The van der Waals surface area contributed by atoms with E-state index >= 15 is 0 Å². The van der Waals surface area contributed by atoms with Crippen molar-refractivity contribution in [3.05, 3.63) is 75.7 Å². The lowest BCUT2D eigenvalue weighted by Gasteiger charge is -2.24. The van der Waals surface area contributed by atoms with Crippen LogP contribution in [0.3, 0.4) is 0 Å². The van der Waals surface area contributed by atoms with E-state index in [9.17, 15) is 4.79 Å². The Labute approximate surface area is 253 Å². The zero-order valence-electron chi connectivity index (χ0n) is 26.3. The van der Waals surface area contributed by atoms with Crippen molar-refractivity contribution in [3.63, 3.8) is 0 Å². The maximum atomic E-state index is 13.4. The van der Waals surface area contributed by atoms with E-state index in [-0.39, 0.29) is 11.3 Å². The fraction of sp³-hybridized carbons (Fsp3) is 0.556. The Kier molecular flexibility index (Phi) is 13.9. The lowest BCUT2D eigenvalue weighted by Crippen LogP contribution is -2.34. The predicted octanol–water partition coefficient (Wildman–Crippen LogP) is 10.0. The maximum absolute atomic E-state index is 13.4. The summed E-state index contributed by atoms with van der Waals surface area (Å²) in [4.78, 5) is 13.4. The third-order valence-corrected chi connectivity index (χ3v) is 8.64. The number of aryl methyl sites for hydroxylation is 1. The molecular weight excluding hydrogens is 524 g/mol. The molecule has 3 aromatic rings. The summed E-state index contributed by atoms with van der Waals surface area (Å²) < 4.78 is 8.47. The molecule has 0 saturated carbocycles. The van der Waals surface area contributed by atoms with Crippen molar-refractivity contribution in [3.8, 4) is 5.75 Å². The minimum absolute atomic E-state index is 0.0949. The van der Waals surface area contributed by atoms with Gasteiger partial charge >= 0.3 is 0 Å². The molecule has 0 aliphatic rings. The molecule has 4 nitrogen and oxygen atoms in total. The summed E-state index contributed by atoms with van der Waals surface area (Å²) in [5, 5.41) is 5.30. The number of carbonyl (C=O) groups excluding carboxylic acids is 1. The van der Waals surface area contributed by atoms with Gasteiger partial charge in [0.1, 0.15) is 5.75 Å². The molecule has 1 amide bonds. The molecular formula is C36H53N2O2S+. The summed E-state index contributed by atoms with van der Waals surface area (Å²) in [6.07, 6.45) is 16.0. The Morgan fingerprint density at radius 2 is 1.51 bits per heavy atom. The number of thiazole rings is 1. The number of hydrogen-bond acceptors (Lipinski definition) is 3. The van der Waals surface area contributed by atoms with E-state index in [0.717, 1.165) is 42.1 Å². The number of nitrogens with zero attached hydrogens (tertiary/aromatic N) is 1. The molecule has 224 valence electrons. The number of anilines is 1. The highest BCUT2D eigenvalue weighted by molar-refractivity contribution is 7.07. The SMILES string of the molecule is CCCCCCCCCCCCCCOc1ccc(C(=O)Nc2ccccc2C[n+]2cscc2C)cc1C(C)(C)C. The molecule has 0 aliphatic heterocycles. The number of carbonyl (C=O) groups is 1. The zero-order chi connectivity index (χ0) is 29.5. The minimum atomic E-state index is -0.132. The lowest BCUT2D eigenvalue weighted by atomic mass is 9.85. The van der Waals surface area contributed by atoms with Crippen molar-refractivity contribution >= 4 is 22.9 Å². The number of para-hydroxylation sites is 1. The van der Waals surface area contributed by atoms with E-state index in [2.05, 4.69) is 61.5 Å². The van der Waals surface area contributed by atoms with E-state index in [4.69, 9.17) is 4.74 Å². The Balaban J connectivity index is 1.48. The van der Waals surface area contributed by atoms with Crippen molar-refractivity contribution in [2.24, 2.45) is 0 Å². The summed E-state index contributed by atoms with van der Waals surface area (Å²) in [5.41, 5.74) is 6.85. The molecule has 0 saturated heterocycles. The van der Waals surface area contributed by atoms with Gasteiger partial charge in [-0.25, -0.2) is 0 Å². The molecule has 1 N–H and O–H groups in total. The van der Waals surface area contributed by atoms with E-state index in [1.807, 2.05) is 36.4 Å². The molecule has 0 unspecified atom stereocenters. The predicted molar refractivity (Wildman–Crippen MR) is 174 cm³/mol. The molecule has 0 atom stereocenters. The topological polar surface area (TPSA) is 42.2 Å². The van der Waals surface area contributed by atoms with Gasteiger partial charge in [-0.1, -0.05) is 128 Å². The van der Waals surface area contributed by atoms with Gasteiger partial charge in [-0.15, -0.1) is 0 Å². The second-order valence-corrected chi connectivity index (χ2v) is 13.2. The quantitative estimate of drug-likeness (QED) is 0.121. The normalized spacial score (nSPS) is 11.5. The summed E-state index contributed by atoms with van der Waals surface area (Å²) in [6.45, 7) is 12.4. The van der Waals surface area contributed by atoms with Gasteiger partial charge in [0.15, 0.2) is 12.2 Å². The van der Waals surface area contributed by atoms with Crippen molar-refractivity contribution in [2.75, 3.05) is 11.9 Å². The summed E-state index contributed by atoms with van der Waals surface area (Å²) in [7, 11) is 0. The molecule has 0 radical (unpaired) electrons. The largest absolute Gasteiger partial charge is 0.493 e. The van der Waals surface area contributed by atoms with Gasteiger partial charge in [0.05, 0.1) is 17.7 Å². The van der Waals surface area contributed by atoms with Crippen molar-refractivity contribution in [1.82, 2.24) is 0 Å². The van der Waals surface area contributed by atoms with Gasteiger partial charge in [-0.05, 0) is 36.1 Å². The van der Waals surface area contributed by atoms with Crippen LogP contribution in [-0.2, 0) is 12.0 Å². The maximum Gasteiger partial charge on any atom is 0.255 e. The average molecular weight is 578 g/mol. The highest BCUT2D eigenvalue weighted by Crippen LogP contribution is 2.33. The first kappa shape index (κ1) is 32.8. The van der Waals surface area contributed by atoms with Crippen LogP contribution in [-0.4, -0.2) is 12.5 Å². The first-order chi connectivity index (χ1) is 19.8. The number of unbranched alkanes of at least 4 members (excludes halogenated alkanes) is 11. The first-order valence-corrected chi connectivity index (χ1v) is 16.8. The number of benzene rings is 2. The molecule has 0 bridgehead atoms. The number of aromatic nitrogens is 1. The lowest BCUT2D eigenvalue weighted by molar-refractivity contribution is -0.689. The minimum Gasteiger partial charge on any atom is -0.493 e. The number of ether oxygens (including phenoxy) is 1. The summed E-state index contributed by atoms with van der Waals surface area (Å²) in [5.74, 6) is 0.796. The van der Waals surface area contributed by atoms with Crippen LogP contribution >= 0.6 is 11.3 Å². The Hall–Kier alpha value is -2.66. The van der Waals surface area contributed by atoms with Crippen LogP contribution < -0.4 is 14.6 Å². The van der Waals surface area contributed by atoms with E-state index in [1.165, 1.54) is 76.3 Å². The molecule has 3 rings (SSSR count). The fourth-order valence-electron chi connectivity index (χ4n) is 5.18. The van der Waals surface area contributed by atoms with Crippen LogP contribution in [0.1, 0.15) is 132 Å². The average Bonchev–Trinajstić information content (AvgIpc) is 3.35. The van der Waals surface area contributed by atoms with E-state index < -0.39 is 0 Å². The van der Waals surface area contributed by atoms with Crippen LogP contribution in [0.25, 0.3) is 0 Å². The molecule has 2 aromatic carbocycles. The van der Waals surface area contributed by atoms with Crippen molar-refractivity contribution in [2.45, 2.75) is 124 Å². The molecule has 1 aromatic heterocycles. The monoisotopic (exact) mass is 577 g/mol. The first-order valence-electron chi connectivity index (χ1n) is 15.9. The zero-order valence-corrected chi connectivity index (χ0v) is 27.1. The number of hydrogen-bond donors (Lipinski definition) is 1. The van der Waals surface area contributed by atoms with Gasteiger partial charge in [0, 0.05) is 23.6 Å². The highest BCUT2D eigenvalue weighted by atomic mass is 32.1. The van der Waals surface area contributed by atoms with E-state index in [1.54, 1.807) is 11.3 Å². The summed E-state index contributed by atoms with van der Waals surface area (Å²) in [6, 6.07) is 13.9. The molecule has 41 heavy (non-hydrogen) atoms. The van der Waals surface area contributed by atoms with Crippen molar-refractivity contribution in [1.29, 1.82) is 0 Å². The van der Waals surface area contributed by atoms with Crippen LogP contribution in [0.15, 0.2) is 53.4 Å². The van der Waals surface area contributed by atoms with Gasteiger partial charge < -0.3 is 10.1 Å². The molecule has 0 aliphatic carbocycles. The van der Waals surface area contributed by atoms with E-state index in [0.29, 0.717) is 5.56 Å². The van der Waals surface area contributed by atoms with Crippen LogP contribution in [0.5, 0.6) is 5.75 Å². The smallest absolute Gasteiger partial charge is 0.255 e. The van der Waals surface area contributed by atoms with Crippen molar-refractivity contribution < 1.29 is 14.1 Å². The van der Waals surface area contributed by atoms with Gasteiger partial charge in [0.2, 0.25) is 5.51 Å². The Morgan fingerprint density at radius 3 is 2.12 bits per heavy atom. The molecule has 5 heteroatoms. The van der Waals surface area contributed by atoms with Crippen LogP contribution in [0.4, 0.5) is 5.69 Å². The molecule has 0 fully saturated rings. The standard InChI is InChI=1S/C36H52N2O2S/c1-6-7-8-9-10-11-12-13-14-15-16-19-24-40-34-23-22-30(25-32(34)36(3,4)5)35(39)37-33-21-18-17-20-31(33)26-38-28-41-27-29(38)2/h17-18,20-23,25,27-28H,6-16,19,24,26H2,1-5H3/p+1. The number of amides is 1.